The molecule has 0 aliphatic carbocycles. The number of benzene rings is 1. The molecule has 0 aromatic heterocycles. The van der Waals surface area contributed by atoms with Crippen molar-refractivity contribution in [1.29, 1.82) is 0 Å². The zero-order chi connectivity index (χ0) is 9.84. The number of hydrogen-bond acceptors (Lipinski definition) is 2. The molecule has 0 aliphatic heterocycles. The number of aliphatic hydroxyl groups excluding tert-OH is 1. The van der Waals surface area contributed by atoms with Crippen molar-refractivity contribution in [2.24, 2.45) is 5.73 Å². The molecule has 2 nitrogen and oxygen atoms in total. The predicted molar refractivity (Wildman–Crippen MR) is 55.0 cm³/mol. The quantitative estimate of drug-likeness (QED) is 0.776. The Bertz CT molecular complexity index is 288. The Hall–Kier alpha value is -0.570. The van der Waals surface area contributed by atoms with Crippen LogP contribution in [0.4, 0.5) is 0 Å². The Balaban J connectivity index is 2.73. The van der Waals surface area contributed by atoms with E-state index in [1.54, 1.807) is 0 Å². The third-order valence-corrected chi connectivity index (χ3v) is 2.38. The molecule has 0 bridgehead atoms. The molecule has 1 aromatic carbocycles. The third kappa shape index (κ3) is 2.99. The van der Waals surface area contributed by atoms with Gasteiger partial charge in [-0.25, -0.2) is 0 Å². The molecular formula is C10H14ClNO. The van der Waals surface area contributed by atoms with Crippen molar-refractivity contribution in [2.75, 3.05) is 6.61 Å². The summed E-state index contributed by atoms with van der Waals surface area (Å²) in [4.78, 5) is 0. The number of rotatable bonds is 3. The van der Waals surface area contributed by atoms with Crippen molar-refractivity contribution in [3.63, 3.8) is 0 Å². The lowest BCUT2D eigenvalue weighted by atomic mass is 10.1. The molecule has 0 fully saturated rings. The average molecular weight is 200 g/mol. The maximum atomic E-state index is 8.76. The van der Waals surface area contributed by atoms with E-state index in [0.717, 1.165) is 16.1 Å². The van der Waals surface area contributed by atoms with Gasteiger partial charge in [0, 0.05) is 11.1 Å². The lowest BCUT2D eigenvalue weighted by Gasteiger charge is -2.08. The molecule has 1 aromatic rings. The summed E-state index contributed by atoms with van der Waals surface area (Å²) in [5, 5.41) is 9.51. The molecule has 3 N–H and O–H groups in total. The van der Waals surface area contributed by atoms with Crippen LogP contribution in [0.25, 0.3) is 0 Å². The van der Waals surface area contributed by atoms with E-state index < -0.39 is 0 Å². The summed E-state index contributed by atoms with van der Waals surface area (Å²) in [7, 11) is 0. The number of halogens is 1. The van der Waals surface area contributed by atoms with E-state index in [0.29, 0.717) is 6.42 Å². The van der Waals surface area contributed by atoms with Crippen LogP contribution in [0.2, 0.25) is 5.02 Å². The fraction of sp³-hybridized carbons (Fsp3) is 0.400. The van der Waals surface area contributed by atoms with E-state index in [2.05, 4.69) is 0 Å². The van der Waals surface area contributed by atoms with Gasteiger partial charge >= 0.3 is 0 Å². The Kier molecular flexibility index (Phi) is 3.72. The van der Waals surface area contributed by atoms with Gasteiger partial charge in [0.15, 0.2) is 0 Å². The molecule has 0 amide bonds. The van der Waals surface area contributed by atoms with Crippen LogP contribution < -0.4 is 5.73 Å². The minimum atomic E-state index is -0.196. The second-order valence-corrected chi connectivity index (χ2v) is 3.64. The third-order valence-electron chi connectivity index (χ3n) is 1.97. The van der Waals surface area contributed by atoms with E-state index >= 15 is 0 Å². The first-order valence-electron chi connectivity index (χ1n) is 4.25. The van der Waals surface area contributed by atoms with Gasteiger partial charge in [-0.05, 0) is 30.5 Å². The molecule has 0 radical (unpaired) electrons. The van der Waals surface area contributed by atoms with Crippen LogP contribution in [-0.2, 0) is 6.42 Å². The highest BCUT2D eigenvalue weighted by Gasteiger charge is 2.03. The van der Waals surface area contributed by atoms with Crippen LogP contribution in [0.1, 0.15) is 11.1 Å². The average Bonchev–Trinajstić information content (AvgIpc) is 2.11. The summed E-state index contributed by atoms with van der Waals surface area (Å²) in [6.07, 6.45) is 0.663. The molecule has 0 spiro atoms. The van der Waals surface area contributed by atoms with Gasteiger partial charge in [0.1, 0.15) is 0 Å². The minimum Gasteiger partial charge on any atom is -0.395 e. The molecule has 0 saturated carbocycles. The molecule has 0 saturated heterocycles. The lowest BCUT2D eigenvalue weighted by Crippen LogP contribution is -2.26. The predicted octanol–water partition coefficient (Wildman–Crippen LogP) is 1.51. The summed E-state index contributed by atoms with van der Waals surface area (Å²) in [6, 6.07) is 5.64. The zero-order valence-corrected chi connectivity index (χ0v) is 8.38. The first-order chi connectivity index (χ1) is 6.13. The topological polar surface area (TPSA) is 46.2 Å². The van der Waals surface area contributed by atoms with Gasteiger partial charge in [-0.15, -0.1) is 0 Å². The van der Waals surface area contributed by atoms with E-state index in [4.69, 9.17) is 22.4 Å². The van der Waals surface area contributed by atoms with Crippen molar-refractivity contribution >= 4 is 11.6 Å². The highest BCUT2D eigenvalue weighted by molar-refractivity contribution is 6.31. The van der Waals surface area contributed by atoms with Crippen LogP contribution in [0, 0.1) is 6.92 Å². The monoisotopic (exact) mass is 199 g/mol. The summed E-state index contributed by atoms with van der Waals surface area (Å²) in [5.41, 5.74) is 7.73. The van der Waals surface area contributed by atoms with Gasteiger partial charge < -0.3 is 10.8 Å². The molecule has 1 rings (SSSR count). The molecule has 3 heteroatoms. The van der Waals surface area contributed by atoms with Crippen LogP contribution >= 0.6 is 11.6 Å². The lowest BCUT2D eigenvalue weighted by molar-refractivity contribution is 0.265. The van der Waals surface area contributed by atoms with Crippen molar-refractivity contribution < 1.29 is 5.11 Å². The van der Waals surface area contributed by atoms with Gasteiger partial charge in [-0.1, -0.05) is 23.7 Å². The van der Waals surface area contributed by atoms with Crippen molar-refractivity contribution in [1.82, 2.24) is 0 Å². The van der Waals surface area contributed by atoms with E-state index in [-0.39, 0.29) is 12.6 Å². The van der Waals surface area contributed by atoms with Crippen molar-refractivity contribution in [3.05, 3.63) is 34.3 Å². The molecule has 1 unspecified atom stereocenters. The highest BCUT2D eigenvalue weighted by Crippen LogP contribution is 2.17. The van der Waals surface area contributed by atoms with Gasteiger partial charge in [0.25, 0.3) is 0 Å². The molecule has 72 valence electrons. The van der Waals surface area contributed by atoms with E-state index in [1.165, 1.54) is 0 Å². The van der Waals surface area contributed by atoms with E-state index in [9.17, 15) is 0 Å². The second-order valence-electron chi connectivity index (χ2n) is 3.23. The molecule has 13 heavy (non-hydrogen) atoms. The Labute approximate surface area is 83.3 Å². The molecule has 0 aliphatic rings. The Morgan fingerprint density at radius 2 is 2.23 bits per heavy atom. The van der Waals surface area contributed by atoms with Gasteiger partial charge in [-0.3, -0.25) is 0 Å². The Morgan fingerprint density at radius 3 is 2.77 bits per heavy atom. The number of aliphatic hydroxyl groups is 1. The largest absolute Gasteiger partial charge is 0.395 e. The summed E-state index contributed by atoms with van der Waals surface area (Å²) in [6.45, 7) is 1.96. The first-order valence-corrected chi connectivity index (χ1v) is 4.62. The SMILES string of the molecule is Cc1ccc(CC(N)CO)cc1Cl. The van der Waals surface area contributed by atoms with Crippen LogP contribution in [0.5, 0.6) is 0 Å². The highest BCUT2D eigenvalue weighted by atomic mass is 35.5. The Morgan fingerprint density at radius 1 is 1.54 bits per heavy atom. The van der Waals surface area contributed by atoms with E-state index in [1.807, 2.05) is 25.1 Å². The molecule has 1 atom stereocenters. The molecular weight excluding hydrogens is 186 g/mol. The maximum absolute atomic E-state index is 8.76. The van der Waals surface area contributed by atoms with Gasteiger partial charge in [0.2, 0.25) is 0 Å². The van der Waals surface area contributed by atoms with Crippen molar-refractivity contribution in [3.8, 4) is 0 Å². The van der Waals surface area contributed by atoms with Gasteiger partial charge in [-0.2, -0.15) is 0 Å². The van der Waals surface area contributed by atoms with Crippen molar-refractivity contribution in [2.45, 2.75) is 19.4 Å². The fourth-order valence-electron chi connectivity index (χ4n) is 1.13. The summed E-state index contributed by atoms with van der Waals surface area (Å²) >= 11 is 5.94. The smallest absolute Gasteiger partial charge is 0.0585 e. The van der Waals surface area contributed by atoms with Gasteiger partial charge in [0.05, 0.1) is 6.61 Å². The summed E-state index contributed by atoms with van der Waals surface area (Å²) < 4.78 is 0. The number of aryl methyl sites for hydroxylation is 1. The maximum Gasteiger partial charge on any atom is 0.0585 e. The number of nitrogens with two attached hydrogens (primary N) is 1. The van der Waals surface area contributed by atoms with Crippen LogP contribution in [-0.4, -0.2) is 17.8 Å². The standard InChI is InChI=1S/C10H14ClNO/c1-7-2-3-8(5-10(7)11)4-9(12)6-13/h2-3,5,9,13H,4,6,12H2,1H3. The second kappa shape index (κ2) is 4.61. The summed E-state index contributed by atoms with van der Waals surface area (Å²) in [5.74, 6) is 0. The van der Waals surface area contributed by atoms with Crippen LogP contribution in [0.3, 0.4) is 0 Å². The normalized spacial score (nSPS) is 12.9. The molecule has 0 heterocycles. The first kappa shape index (κ1) is 10.5. The number of hydrogen-bond donors (Lipinski definition) is 2. The fourth-order valence-corrected chi connectivity index (χ4v) is 1.33. The zero-order valence-electron chi connectivity index (χ0n) is 7.63. The minimum absolute atomic E-state index is 0.00545. The van der Waals surface area contributed by atoms with Crippen LogP contribution in [0.15, 0.2) is 18.2 Å².